The van der Waals surface area contributed by atoms with Crippen molar-refractivity contribution < 1.29 is 0 Å². The van der Waals surface area contributed by atoms with E-state index in [-0.39, 0.29) is 24.0 Å². The second-order valence-electron chi connectivity index (χ2n) is 4.84. The molecule has 0 saturated heterocycles. The fourth-order valence-corrected chi connectivity index (χ4v) is 2.18. The second-order valence-corrected chi connectivity index (χ2v) is 4.84. The van der Waals surface area contributed by atoms with Crippen LogP contribution in [-0.4, -0.2) is 9.97 Å². The molecule has 4 aromatic rings. The van der Waals surface area contributed by atoms with Gasteiger partial charge in [0.15, 0.2) is 0 Å². The summed E-state index contributed by atoms with van der Waals surface area (Å²) in [6.07, 6.45) is 1.81. The van der Waals surface area contributed by atoms with Crippen LogP contribution in [0, 0.1) is 6.92 Å². The lowest BCUT2D eigenvalue weighted by Gasteiger charge is -1.95. The Bertz CT molecular complexity index is 809. The number of hydrogen-bond donors (Lipinski definition) is 0. The molecule has 0 atom stereocenters. The highest BCUT2D eigenvalue weighted by Gasteiger charge is 1.91. The van der Waals surface area contributed by atoms with Crippen molar-refractivity contribution in [3.05, 3.63) is 84.7 Å². The van der Waals surface area contributed by atoms with Crippen molar-refractivity contribution in [1.82, 2.24) is 9.97 Å². The van der Waals surface area contributed by atoms with Crippen molar-refractivity contribution in [2.75, 3.05) is 0 Å². The minimum atomic E-state index is 0. The van der Waals surface area contributed by atoms with Crippen LogP contribution in [0.5, 0.6) is 0 Å². The molecule has 0 radical (unpaired) electrons. The van der Waals surface area contributed by atoms with Gasteiger partial charge in [0.05, 0.1) is 11.0 Å². The SMILES string of the molecule is Cc1ccc2ccccc2n1.I.c1ccc2ncccc2c1. The summed E-state index contributed by atoms with van der Waals surface area (Å²) in [5, 5.41) is 2.41. The first-order valence-electron chi connectivity index (χ1n) is 6.95. The highest BCUT2D eigenvalue weighted by molar-refractivity contribution is 14.0. The van der Waals surface area contributed by atoms with Crippen molar-refractivity contribution in [3.8, 4) is 0 Å². The predicted molar refractivity (Wildman–Crippen MR) is 104 cm³/mol. The number of halogens is 1. The van der Waals surface area contributed by atoms with E-state index in [0.717, 1.165) is 16.7 Å². The topological polar surface area (TPSA) is 25.8 Å². The summed E-state index contributed by atoms with van der Waals surface area (Å²) >= 11 is 0. The molecule has 22 heavy (non-hydrogen) atoms. The van der Waals surface area contributed by atoms with E-state index in [1.807, 2.05) is 61.7 Å². The summed E-state index contributed by atoms with van der Waals surface area (Å²) < 4.78 is 0. The average Bonchev–Trinajstić information content (AvgIpc) is 2.55. The molecule has 0 bridgehead atoms. The van der Waals surface area contributed by atoms with Crippen molar-refractivity contribution in [1.29, 1.82) is 0 Å². The molecule has 0 saturated carbocycles. The summed E-state index contributed by atoms with van der Waals surface area (Å²) in [4.78, 5) is 8.56. The largest absolute Gasteiger partial charge is 0.256 e. The average molecular weight is 400 g/mol. The first-order valence-corrected chi connectivity index (χ1v) is 6.95. The summed E-state index contributed by atoms with van der Waals surface area (Å²) in [5.74, 6) is 0. The third kappa shape index (κ3) is 4.01. The smallest absolute Gasteiger partial charge is 0.0705 e. The fraction of sp³-hybridized carbons (Fsp3) is 0.0526. The molecule has 0 spiro atoms. The van der Waals surface area contributed by atoms with Crippen LogP contribution in [0.4, 0.5) is 0 Å². The Hall–Kier alpha value is -2.01. The minimum Gasteiger partial charge on any atom is -0.256 e. The Morgan fingerprint density at radius 3 is 1.95 bits per heavy atom. The fourth-order valence-electron chi connectivity index (χ4n) is 2.18. The van der Waals surface area contributed by atoms with E-state index in [1.54, 1.807) is 0 Å². The normalized spacial score (nSPS) is 9.68. The molecule has 0 aliphatic heterocycles. The third-order valence-corrected chi connectivity index (χ3v) is 3.25. The Morgan fingerprint density at radius 1 is 0.636 bits per heavy atom. The monoisotopic (exact) mass is 400 g/mol. The van der Waals surface area contributed by atoms with Gasteiger partial charge in [-0.15, -0.1) is 24.0 Å². The number of rotatable bonds is 0. The van der Waals surface area contributed by atoms with Crippen LogP contribution in [0.25, 0.3) is 21.8 Å². The van der Waals surface area contributed by atoms with E-state index in [9.17, 15) is 0 Å². The van der Waals surface area contributed by atoms with E-state index in [4.69, 9.17) is 0 Å². The zero-order valence-corrected chi connectivity index (χ0v) is 14.6. The number of benzene rings is 2. The highest BCUT2D eigenvalue weighted by Crippen LogP contribution is 2.10. The second kappa shape index (κ2) is 7.84. The number of nitrogens with zero attached hydrogens (tertiary/aromatic N) is 2. The molecule has 3 heteroatoms. The minimum absolute atomic E-state index is 0. The highest BCUT2D eigenvalue weighted by atomic mass is 127. The molecule has 2 aromatic carbocycles. The van der Waals surface area contributed by atoms with Gasteiger partial charge < -0.3 is 0 Å². The maximum Gasteiger partial charge on any atom is 0.0705 e. The maximum atomic E-state index is 4.38. The van der Waals surface area contributed by atoms with Crippen LogP contribution >= 0.6 is 24.0 Å². The predicted octanol–water partition coefficient (Wildman–Crippen LogP) is 5.40. The summed E-state index contributed by atoms with van der Waals surface area (Å²) in [7, 11) is 0. The molecule has 0 aliphatic carbocycles. The lowest BCUT2D eigenvalue weighted by atomic mass is 10.2. The molecular formula is C19H17IN2. The summed E-state index contributed by atoms with van der Waals surface area (Å²) in [5.41, 5.74) is 3.21. The Labute approximate surface area is 147 Å². The molecule has 0 unspecified atom stereocenters. The molecule has 2 nitrogen and oxygen atoms in total. The first kappa shape index (κ1) is 16.4. The van der Waals surface area contributed by atoms with Crippen molar-refractivity contribution in [3.63, 3.8) is 0 Å². The van der Waals surface area contributed by atoms with Gasteiger partial charge in [0.2, 0.25) is 0 Å². The van der Waals surface area contributed by atoms with Crippen LogP contribution in [0.2, 0.25) is 0 Å². The number of aryl methyl sites for hydroxylation is 1. The lowest BCUT2D eigenvalue weighted by molar-refractivity contribution is 1.26. The van der Waals surface area contributed by atoms with Crippen LogP contribution in [0.3, 0.4) is 0 Å². The molecular weight excluding hydrogens is 383 g/mol. The number of pyridine rings is 2. The van der Waals surface area contributed by atoms with Gasteiger partial charge in [-0.1, -0.05) is 48.5 Å². The van der Waals surface area contributed by atoms with E-state index in [0.29, 0.717) is 0 Å². The lowest BCUT2D eigenvalue weighted by Crippen LogP contribution is -1.80. The Morgan fingerprint density at radius 2 is 1.23 bits per heavy atom. The number of hydrogen-bond acceptors (Lipinski definition) is 2. The van der Waals surface area contributed by atoms with E-state index in [1.165, 1.54) is 10.8 Å². The van der Waals surface area contributed by atoms with Crippen LogP contribution < -0.4 is 0 Å². The number of para-hydroxylation sites is 2. The molecule has 2 heterocycles. The van der Waals surface area contributed by atoms with Gasteiger partial charge in [0.1, 0.15) is 0 Å². The first-order chi connectivity index (χ1) is 10.3. The van der Waals surface area contributed by atoms with Gasteiger partial charge in [0, 0.05) is 22.7 Å². The molecule has 0 aliphatic rings. The van der Waals surface area contributed by atoms with Crippen LogP contribution in [0.15, 0.2) is 79.0 Å². The number of aromatic nitrogens is 2. The van der Waals surface area contributed by atoms with Crippen LogP contribution in [0.1, 0.15) is 5.69 Å². The third-order valence-electron chi connectivity index (χ3n) is 3.25. The van der Waals surface area contributed by atoms with Crippen molar-refractivity contribution >= 4 is 45.8 Å². The van der Waals surface area contributed by atoms with E-state index in [2.05, 4.69) is 34.2 Å². The Kier molecular flexibility index (Phi) is 5.83. The molecule has 2 aromatic heterocycles. The quantitative estimate of drug-likeness (QED) is 0.370. The van der Waals surface area contributed by atoms with Crippen molar-refractivity contribution in [2.45, 2.75) is 6.92 Å². The van der Waals surface area contributed by atoms with Crippen molar-refractivity contribution in [2.24, 2.45) is 0 Å². The molecule has 0 amide bonds. The summed E-state index contributed by atoms with van der Waals surface area (Å²) in [6.45, 7) is 2.01. The maximum absolute atomic E-state index is 4.38. The zero-order chi connectivity index (χ0) is 14.5. The van der Waals surface area contributed by atoms with Gasteiger partial charge in [-0.2, -0.15) is 0 Å². The molecule has 110 valence electrons. The molecule has 0 fully saturated rings. The Balaban J connectivity index is 0.000000154. The summed E-state index contributed by atoms with van der Waals surface area (Å²) in [6, 6.07) is 24.3. The van der Waals surface area contributed by atoms with E-state index >= 15 is 0 Å². The van der Waals surface area contributed by atoms with Gasteiger partial charge in [-0.05, 0) is 31.2 Å². The number of fused-ring (bicyclic) bond motifs is 2. The van der Waals surface area contributed by atoms with Gasteiger partial charge in [-0.25, -0.2) is 0 Å². The molecule has 0 N–H and O–H groups in total. The zero-order valence-electron chi connectivity index (χ0n) is 12.3. The van der Waals surface area contributed by atoms with Gasteiger partial charge in [0.25, 0.3) is 0 Å². The van der Waals surface area contributed by atoms with Gasteiger partial charge >= 0.3 is 0 Å². The molecule has 4 rings (SSSR count). The van der Waals surface area contributed by atoms with E-state index < -0.39 is 0 Å². The van der Waals surface area contributed by atoms with Crippen LogP contribution in [-0.2, 0) is 0 Å². The van der Waals surface area contributed by atoms with Gasteiger partial charge in [-0.3, -0.25) is 9.97 Å². The standard InChI is InChI=1S/C10H9N.C9H7N.HI/c1-8-6-7-9-4-2-3-5-10(9)11-8;1-2-6-9-8(4-1)5-3-7-10-9;/h2-7H,1H3;1-7H;1H.